The molecule has 0 spiro atoms. The zero-order valence-electron chi connectivity index (χ0n) is 10.0. The van der Waals surface area contributed by atoms with Crippen molar-refractivity contribution in [3.05, 3.63) is 24.5 Å². The number of nitrogens with one attached hydrogen (secondary N) is 2. The lowest BCUT2D eigenvalue weighted by Crippen LogP contribution is -2.29. The van der Waals surface area contributed by atoms with Crippen LogP contribution in [0.25, 0.3) is 0 Å². The predicted molar refractivity (Wildman–Crippen MR) is 66.8 cm³/mol. The number of aromatic nitrogens is 2. The number of anilines is 1. The first kappa shape index (κ1) is 11.9. The van der Waals surface area contributed by atoms with Crippen molar-refractivity contribution >= 4 is 11.6 Å². The van der Waals surface area contributed by atoms with Crippen LogP contribution in [0.2, 0.25) is 0 Å². The van der Waals surface area contributed by atoms with Crippen molar-refractivity contribution in [2.75, 3.05) is 18.4 Å². The highest BCUT2D eigenvalue weighted by Gasteiger charge is 2.15. The number of carbonyl (C=O) groups excluding carboxylic acids is 1. The Morgan fingerprint density at radius 3 is 3.06 bits per heavy atom. The Morgan fingerprint density at radius 2 is 2.35 bits per heavy atom. The van der Waals surface area contributed by atoms with Crippen molar-refractivity contribution in [3.8, 4) is 0 Å². The van der Waals surface area contributed by atoms with Gasteiger partial charge in [0.2, 0.25) is 5.91 Å². The van der Waals surface area contributed by atoms with E-state index in [-0.39, 0.29) is 5.91 Å². The van der Waals surface area contributed by atoms with Gasteiger partial charge >= 0.3 is 0 Å². The summed E-state index contributed by atoms with van der Waals surface area (Å²) in [5, 5.41) is 10.4. The average molecular weight is 234 g/mol. The molecule has 0 saturated carbocycles. The van der Waals surface area contributed by atoms with Crippen molar-refractivity contribution in [2.45, 2.75) is 25.8 Å². The van der Waals surface area contributed by atoms with Crippen LogP contribution < -0.4 is 10.6 Å². The number of hydrogen-bond acceptors (Lipinski definition) is 3. The second-order valence-corrected chi connectivity index (χ2v) is 4.18. The second-order valence-electron chi connectivity index (χ2n) is 4.18. The molecule has 2 N–H and O–H groups in total. The van der Waals surface area contributed by atoms with Gasteiger partial charge in [0, 0.05) is 6.20 Å². The van der Waals surface area contributed by atoms with E-state index in [9.17, 15) is 4.79 Å². The quantitative estimate of drug-likeness (QED) is 0.775. The molecule has 0 unspecified atom stereocenters. The van der Waals surface area contributed by atoms with E-state index in [2.05, 4.69) is 15.7 Å². The van der Waals surface area contributed by atoms with E-state index >= 15 is 0 Å². The van der Waals surface area contributed by atoms with Crippen LogP contribution >= 0.6 is 0 Å². The van der Waals surface area contributed by atoms with Gasteiger partial charge < -0.3 is 10.6 Å². The van der Waals surface area contributed by atoms with Crippen LogP contribution in [0, 0.1) is 0 Å². The summed E-state index contributed by atoms with van der Waals surface area (Å²) < 4.78 is 1.95. The standard InChI is InChI=1S/C12H18N4O/c1-2-3-12(17)15-10-8-14-16(9-10)11-4-6-13-7-5-11/h2-3,8-9,11,13H,4-7H2,1H3,(H,15,17)/b3-2+. The molecule has 2 rings (SSSR count). The van der Waals surface area contributed by atoms with Crippen LogP contribution in [-0.4, -0.2) is 28.8 Å². The van der Waals surface area contributed by atoms with Gasteiger partial charge in [-0.25, -0.2) is 0 Å². The molecule has 0 radical (unpaired) electrons. The van der Waals surface area contributed by atoms with Gasteiger partial charge in [-0.15, -0.1) is 0 Å². The van der Waals surface area contributed by atoms with Crippen LogP contribution in [0.1, 0.15) is 25.8 Å². The largest absolute Gasteiger partial charge is 0.320 e. The van der Waals surface area contributed by atoms with E-state index in [4.69, 9.17) is 0 Å². The Bertz CT molecular complexity index is 404. The van der Waals surface area contributed by atoms with Crippen molar-refractivity contribution in [1.29, 1.82) is 0 Å². The summed E-state index contributed by atoms with van der Waals surface area (Å²) in [7, 11) is 0. The Kier molecular flexibility index (Phi) is 3.93. The Balaban J connectivity index is 1.97. The number of nitrogens with zero attached hydrogens (tertiary/aromatic N) is 2. The van der Waals surface area contributed by atoms with Gasteiger partial charge in [-0.1, -0.05) is 6.08 Å². The minimum atomic E-state index is -0.114. The first-order valence-electron chi connectivity index (χ1n) is 5.98. The maximum Gasteiger partial charge on any atom is 0.248 e. The van der Waals surface area contributed by atoms with Gasteiger partial charge in [0.25, 0.3) is 0 Å². The first-order chi connectivity index (χ1) is 8.29. The third-order valence-corrected chi connectivity index (χ3v) is 2.87. The van der Waals surface area contributed by atoms with Crippen LogP contribution in [-0.2, 0) is 4.79 Å². The van der Waals surface area contributed by atoms with Crippen molar-refractivity contribution < 1.29 is 4.79 Å². The monoisotopic (exact) mass is 234 g/mol. The van der Waals surface area contributed by atoms with E-state index in [1.54, 1.807) is 12.3 Å². The molecule has 17 heavy (non-hydrogen) atoms. The number of amides is 1. The molecule has 0 bridgehead atoms. The lowest BCUT2D eigenvalue weighted by molar-refractivity contribution is -0.111. The molecule has 1 aliphatic rings. The van der Waals surface area contributed by atoms with Gasteiger partial charge in [0.05, 0.1) is 17.9 Å². The summed E-state index contributed by atoms with van der Waals surface area (Å²) in [6, 6.07) is 0.448. The normalized spacial score (nSPS) is 17.5. The highest BCUT2D eigenvalue weighted by molar-refractivity contribution is 5.98. The van der Waals surface area contributed by atoms with Gasteiger partial charge in [-0.3, -0.25) is 9.48 Å². The Morgan fingerprint density at radius 1 is 1.59 bits per heavy atom. The van der Waals surface area contributed by atoms with Crippen LogP contribution in [0.3, 0.4) is 0 Å². The number of rotatable bonds is 3. The maximum absolute atomic E-state index is 11.4. The van der Waals surface area contributed by atoms with E-state index in [0.717, 1.165) is 31.6 Å². The van der Waals surface area contributed by atoms with Gasteiger partial charge in [-0.05, 0) is 38.9 Å². The van der Waals surface area contributed by atoms with E-state index in [0.29, 0.717) is 6.04 Å². The van der Waals surface area contributed by atoms with Crippen molar-refractivity contribution in [2.24, 2.45) is 0 Å². The topological polar surface area (TPSA) is 59.0 Å². The summed E-state index contributed by atoms with van der Waals surface area (Å²) in [6.07, 6.45) is 8.99. The number of carbonyl (C=O) groups is 1. The molecule has 0 aromatic carbocycles. The zero-order chi connectivity index (χ0) is 12.1. The van der Waals surface area contributed by atoms with Crippen molar-refractivity contribution in [3.63, 3.8) is 0 Å². The fourth-order valence-corrected chi connectivity index (χ4v) is 2.01. The zero-order valence-corrected chi connectivity index (χ0v) is 10.0. The minimum absolute atomic E-state index is 0.114. The second kappa shape index (κ2) is 5.63. The highest BCUT2D eigenvalue weighted by Crippen LogP contribution is 2.19. The molecule has 2 heterocycles. The van der Waals surface area contributed by atoms with Crippen LogP contribution in [0.15, 0.2) is 24.5 Å². The van der Waals surface area contributed by atoms with E-state index in [1.165, 1.54) is 6.08 Å². The smallest absolute Gasteiger partial charge is 0.248 e. The average Bonchev–Trinajstić information content (AvgIpc) is 2.79. The maximum atomic E-state index is 11.4. The molecule has 1 saturated heterocycles. The summed E-state index contributed by atoms with van der Waals surface area (Å²) in [5.41, 5.74) is 0.756. The fourth-order valence-electron chi connectivity index (χ4n) is 2.01. The SMILES string of the molecule is C/C=C/C(=O)Nc1cnn(C2CCNCC2)c1. The number of hydrogen-bond donors (Lipinski definition) is 2. The third-order valence-electron chi connectivity index (χ3n) is 2.87. The van der Waals surface area contributed by atoms with Gasteiger partial charge in [-0.2, -0.15) is 5.10 Å². The molecule has 0 aliphatic carbocycles. The molecule has 5 heteroatoms. The summed E-state index contributed by atoms with van der Waals surface area (Å²) in [6.45, 7) is 3.88. The molecule has 1 fully saturated rings. The molecule has 92 valence electrons. The number of piperidine rings is 1. The molecule has 5 nitrogen and oxygen atoms in total. The molecular formula is C12H18N4O. The molecule has 1 amide bonds. The summed E-state index contributed by atoms with van der Waals surface area (Å²) >= 11 is 0. The molecule has 1 aromatic rings. The fraction of sp³-hybridized carbons (Fsp3) is 0.500. The van der Waals surface area contributed by atoms with E-state index < -0.39 is 0 Å². The summed E-state index contributed by atoms with van der Waals surface area (Å²) in [5.74, 6) is -0.114. The highest BCUT2D eigenvalue weighted by atomic mass is 16.1. The summed E-state index contributed by atoms with van der Waals surface area (Å²) in [4.78, 5) is 11.4. The van der Waals surface area contributed by atoms with Crippen LogP contribution in [0.5, 0.6) is 0 Å². The first-order valence-corrected chi connectivity index (χ1v) is 5.98. The van der Waals surface area contributed by atoms with Crippen molar-refractivity contribution in [1.82, 2.24) is 15.1 Å². The molecule has 1 aromatic heterocycles. The Hall–Kier alpha value is -1.62. The minimum Gasteiger partial charge on any atom is -0.320 e. The molecule has 0 atom stereocenters. The molecule has 1 aliphatic heterocycles. The molecular weight excluding hydrogens is 216 g/mol. The van der Waals surface area contributed by atoms with E-state index in [1.807, 2.05) is 17.8 Å². The lowest BCUT2D eigenvalue weighted by atomic mass is 10.1. The van der Waals surface area contributed by atoms with Crippen LogP contribution in [0.4, 0.5) is 5.69 Å². The third kappa shape index (κ3) is 3.17. The van der Waals surface area contributed by atoms with Gasteiger partial charge in [0.1, 0.15) is 0 Å². The lowest BCUT2D eigenvalue weighted by Gasteiger charge is -2.22. The van der Waals surface area contributed by atoms with Gasteiger partial charge in [0.15, 0.2) is 0 Å². The number of allylic oxidation sites excluding steroid dienone is 1. The predicted octanol–water partition coefficient (Wildman–Crippen LogP) is 1.32. The Labute approximate surface area is 101 Å².